The maximum atomic E-state index is 11.7. The van der Waals surface area contributed by atoms with E-state index in [4.69, 9.17) is 14.2 Å². The number of hydrogen-bond donors (Lipinski definition) is 1. The zero-order chi connectivity index (χ0) is 21.3. The molecule has 2 rings (SSSR count). The molecule has 8 heteroatoms. The number of hydrogen-bond acceptors (Lipinski definition) is 7. The van der Waals surface area contributed by atoms with Crippen LogP contribution in [0.15, 0.2) is 58.8 Å². The summed E-state index contributed by atoms with van der Waals surface area (Å²) in [6.07, 6.45) is -0.666. The van der Waals surface area contributed by atoms with E-state index in [-0.39, 0.29) is 13.2 Å². The highest BCUT2D eigenvalue weighted by atomic mass is 16.6. The van der Waals surface area contributed by atoms with Gasteiger partial charge in [-0.1, -0.05) is 12.1 Å². The fraction of sp³-hybridized carbons (Fsp3) is 0.333. The van der Waals surface area contributed by atoms with Gasteiger partial charge in [0.25, 0.3) is 0 Å². The molecule has 8 nitrogen and oxygen atoms in total. The third-order valence-corrected chi connectivity index (χ3v) is 3.47. The number of carbonyl (C=O) groups excluding carboxylic acids is 2. The molecule has 0 aliphatic heterocycles. The fourth-order valence-corrected chi connectivity index (χ4v) is 2.10. The summed E-state index contributed by atoms with van der Waals surface area (Å²) in [6.45, 7) is 5.05. The molecular weight excluding hydrogens is 374 g/mol. The molecule has 1 N–H and O–H groups in total. The number of methoxy groups -OCH3 is 1. The van der Waals surface area contributed by atoms with Gasteiger partial charge in [0.05, 0.1) is 18.5 Å². The molecule has 0 aliphatic carbocycles. The van der Waals surface area contributed by atoms with Crippen LogP contribution in [0.3, 0.4) is 0 Å². The summed E-state index contributed by atoms with van der Waals surface area (Å²) in [4.78, 5) is 23.2. The number of nitrogens with one attached hydrogen (secondary N) is 1. The van der Waals surface area contributed by atoms with Gasteiger partial charge < -0.3 is 19.5 Å². The van der Waals surface area contributed by atoms with Crippen LogP contribution in [0.1, 0.15) is 26.3 Å². The SMILES string of the molecule is COc1ccc(N=Nc2ccc(COC(=O)CNC(=O)OC(C)(C)C)cc2)cc1. The predicted molar refractivity (Wildman–Crippen MR) is 108 cm³/mol. The van der Waals surface area contributed by atoms with E-state index in [0.29, 0.717) is 11.4 Å². The van der Waals surface area contributed by atoms with Crippen molar-refractivity contribution in [2.75, 3.05) is 13.7 Å². The molecule has 2 aromatic rings. The number of benzene rings is 2. The van der Waals surface area contributed by atoms with E-state index in [1.807, 2.05) is 24.3 Å². The topological polar surface area (TPSA) is 98.6 Å². The van der Waals surface area contributed by atoms with Gasteiger partial charge >= 0.3 is 12.1 Å². The largest absolute Gasteiger partial charge is 0.497 e. The molecule has 0 unspecified atom stereocenters. The number of rotatable bonds is 7. The van der Waals surface area contributed by atoms with Crippen LogP contribution in [0.25, 0.3) is 0 Å². The third-order valence-electron chi connectivity index (χ3n) is 3.47. The molecule has 29 heavy (non-hydrogen) atoms. The van der Waals surface area contributed by atoms with E-state index < -0.39 is 17.7 Å². The van der Waals surface area contributed by atoms with Gasteiger partial charge in [-0.15, -0.1) is 0 Å². The summed E-state index contributed by atoms with van der Waals surface area (Å²) in [6, 6.07) is 14.4. The van der Waals surface area contributed by atoms with Gasteiger partial charge in [-0.3, -0.25) is 4.79 Å². The Hall–Kier alpha value is -3.42. The highest BCUT2D eigenvalue weighted by Crippen LogP contribution is 2.21. The normalized spacial score (nSPS) is 11.2. The highest BCUT2D eigenvalue weighted by molar-refractivity contribution is 5.78. The van der Waals surface area contributed by atoms with Crippen LogP contribution in [0, 0.1) is 0 Å². The first-order valence-electron chi connectivity index (χ1n) is 9.02. The Labute approximate surface area is 169 Å². The van der Waals surface area contributed by atoms with Gasteiger partial charge in [0.1, 0.15) is 24.5 Å². The van der Waals surface area contributed by atoms with E-state index in [2.05, 4.69) is 15.5 Å². The Kier molecular flexibility index (Phi) is 7.70. The summed E-state index contributed by atoms with van der Waals surface area (Å²) < 4.78 is 15.3. The zero-order valence-corrected chi connectivity index (χ0v) is 17.0. The van der Waals surface area contributed by atoms with E-state index in [9.17, 15) is 9.59 Å². The van der Waals surface area contributed by atoms with Gasteiger partial charge in [-0.2, -0.15) is 10.2 Å². The molecule has 0 atom stereocenters. The number of esters is 1. The smallest absolute Gasteiger partial charge is 0.408 e. The van der Waals surface area contributed by atoms with Crippen molar-refractivity contribution in [2.24, 2.45) is 10.2 Å². The molecule has 0 aromatic heterocycles. The lowest BCUT2D eigenvalue weighted by Gasteiger charge is -2.19. The van der Waals surface area contributed by atoms with Gasteiger partial charge in [0.15, 0.2) is 0 Å². The Bertz CT molecular complexity index is 840. The zero-order valence-electron chi connectivity index (χ0n) is 17.0. The van der Waals surface area contributed by atoms with Crippen molar-refractivity contribution in [3.05, 3.63) is 54.1 Å². The van der Waals surface area contributed by atoms with E-state index in [0.717, 1.165) is 11.3 Å². The lowest BCUT2D eigenvalue weighted by atomic mass is 10.2. The molecule has 154 valence electrons. The number of nitrogens with zero attached hydrogens (tertiary/aromatic N) is 2. The molecular formula is C21H25N3O5. The molecule has 0 heterocycles. The molecule has 0 fully saturated rings. The lowest BCUT2D eigenvalue weighted by Crippen LogP contribution is -2.36. The van der Waals surface area contributed by atoms with Crippen LogP contribution in [0.2, 0.25) is 0 Å². The van der Waals surface area contributed by atoms with Crippen LogP contribution >= 0.6 is 0 Å². The Balaban J connectivity index is 1.77. The van der Waals surface area contributed by atoms with Crippen LogP contribution < -0.4 is 10.1 Å². The monoisotopic (exact) mass is 399 g/mol. The Morgan fingerprint density at radius 3 is 2.00 bits per heavy atom. The second kappa shape index (κ2) is 10.2. The summed E-state index contributed by atoms with van der Waals surface area (Å²) in [5.74, 6) is 0.197. The first kappa shape index (κ1) is 21.9. The number of alkyl carbamates (subject to hydrolysis) is 1. The molecule has 1 amide bonds. The number of ether oxygens (including phenoxy) is 3. The van der Waals surface area contributed by atoms with Crippen LogP contribution in [0.5, 0.6) is 5.75 Å². The number of carbonyl (C=O) groups is 2. The maximum Gasteiger partial charge on any atom is 0.408 e. The van der Waals surface area contributed by atoms with Crippen molar-refractivity contribution in [1.29, 1.82) is 0 Å². The van der Waals surface area contributed by atoms with Crippen molar-refractivity contribution in [3.8, 4) is 5.75 Å². The minimum absolute atomic E-state index is 0.0880. The van der Waals surface area contributed by atoms with Gasteiger partial charge in [-0.25, -0.2) is 4.79 Å². The third kappa shape index (κ3) is 8.42. The first-order chi connectivity index (χ1) is 13.7. The predicted octanol–water partition coefficient (Wildman–Crippen LogP) is 4.68. The maximum absolute atomic E-state index is 11.7. The molecule has 0 saturated heterocycles. The lowest BCUT2D eigenvalue weighted by molar-refractivity contribution is -0.143. The molecule has 0 radical (unpaired) electrons. The van der Waals surface area contributed by atoms with Gasteiger partial charge in [-0.05, 0) is 62.7 Å². The molecule has 0 aliphatic rings. The fourth-order valence-electron chi connectivity index (χ4n) is 2.10. The van der Waals surface area contributed by atoms with E-state index in [1.165, 1.54) is 0 Å². The average molecular weight is 399 g/mol. The first-order valence-corrected chi connectivity index (χ1v) is 9.02. The minimum Gasteiger partial charge on any atom is -0.497 e. The van der Waals surface area contributed by atoms with Gasteiger partial charge in [0, 0.05) is 0 Å². The molecule has 2 aromatic carbocycles. The molecule has 0 bridgehead atoms. The number of amides is 1. The highest BCUT2D eigenvalue weighted by Gasteiger charge is 2.16. The van der Waals surface area contributed by atoms with Crippen molar-refractivity contribution in [2.45, 2.75) is 33.0 Å². The van der Waals surface area contributed by atoms with Crippen molar-refractivity contribution >= 4 is 23.4 Å². The minimum atomic E-state index is -0.666. The standard InChI is InChI=1S/C21H25N3O5/c1-21(2,3)29-20(26)22-13-19(25)28-14-15-5-7-16(8-6-15)23-24-17-9-11-18(27-4)12-10-17/h5-12H,13-14H2,1-4H3,(H,22,26). The van der Waals surface area contributed by atoms with Crippen molar-refractivity contribution in [3.63, 3.8) is 0 Å². The van der Waals surface area contributed by atoms with Crippen LogP contribution in [0.4, 0.5) is 16.2 Å². The Morgan fingerprint density at radius 1 is 0.931 bits per heavy atom. The quantitative estimate of drug-likeness (QED) is 0.538. The van der Waals surface area contributed by atoms with E-state index in [1.54, 1.807) is 52.1 Å². The average Bonchev–Trinajstić information content (AvgIpc) is 2.69. The van der Waals surface area contributed by atoms with Crippen LogP contribution in [-0.2, 0) is 20.9 Å². The summed E-state index contributed by atoms with van der Waals surface area (Å²) in [5, 5.41) is 10.7. The summed E-state index contributed by atoms with van der Waals surface area (Å²) in [7, 11) is 1.60. The number of azo groups is 1. The van der Waals surface area contributed by atoms with Crippen molar-refractivity contribution < 1.29 is 23.8 Å². The molecule has 0 saturated carbocycles. The summed E-state index contributed by atoms with van der Waals surface area (Å²) >= 11 is 0. The Morgan fingerprint density at radius 2 is 1.48 bits per heavy atom. The summed E-state index contributed by atoms with van der Waals surface area (Å²) in [5.41, 5.74) is 1.54. The molecule has 0 spiro atoms. The van der Waals surface area contributed by atoms with Gasteiger partial charge in [0.2, 0.25) is 0 Å². The van der Waals surface area contributed by atoms with E-state index >= 15 is 0 Å². The second-order valence-electron chi connectivity index (χ2n) is 7.08. The van der Waals surface area contributed by atoms with Crippen molar-refractivity contribution in [1.82, 2.24) is 5.32 Å². The van der Waals surface area contributed by atoms with Crippen LogP contribution in [-0.4, -0.2) is 31.3 Å². The second-order valence-corrected chi connectivity index (χ2v) is 7.08.